The molecule has 1 atom stereocenters. The number of carbonyl (C=O) groups is 2. The number of non-ortho nitro benzene ring substituents is 1. The molecule has 0 spiro atoms. The Morgan fingerprint density at radius 3 is 2.76 bits per heavy atom. The van der Waals surface area contributed by atoms with Gasteiger partial charge in [-0.3, -0.25) is 24.3 Å². The van der Waals surface area contributed by atoms with Crippen LogP contribution in [-0.2, 0) is 16.1 Å². The number of nitro groups is 1. The number of esters is 1. The number of oxazole rings is 1. The van der Waals surface area contributed by atoms with E-state index in [0.717, 1.165) is 10.9 Å². The van der Waals surface area contributed by atoms with Gasteiger partial charge in [0.2, 0.25) is 5.78 Å². The first-order chi connectivity index (χ1) is 15.8. The van der Waals surface area contributed by atoms with Crippen molar-refractivity contribution in [3.8, 4) is 0 Å². The van der Waals surface area contributed by atoms with Gasteiger partial charge < -0.3 is 14.1 Å². The Labute approximate surface area is 186 Å². The molecule has 0 aliphatic heterocycles. The highest BCUT2D eigenvalue weighted by atomic mass is 16.6. The first kappa shape index (κ1) is 22.0. The summed E-state index contributed by atoms with van der Waals surface area (Å²) in [7, 11) is 0. The molecule has 0 fully saturated rings. The van der Waals surface area contributed by atoms with Gasteiger partial charge in [-0.2, -0.15) is 0 Å². The third-order valence-corrected chi connectivity index (χ3v) is 5.44. The summed E-state index contributed by atoms with van der Waals surface area (Å²) in [5.74, 6) is -1.53. The molecule has 33 heavy (non-hydrogen) atoms. The zero-order valence-electron chi connectivity index (χ0n) is 18.0. The maximum Gasteiger partial charge on any atom is 0.419 e. The minimum Gasteiger partial charge on any atom is -0.454 e. The lowest BCUT2D eigenvalue weighted by molar-refractivity contribution is -0.384. The topological polar surface area (TPSA) is 137 Å². The van der Waals surface area contributed by atoms with Crippen LogP contribution in [0.3, 0.4) is 0 Å². The van der Waals surface area contributed by atoms with Crippen molar-refractivity contribution < 1.29 is 23.7 Å². The summed E-state index contributed by atoms with van der Waals surface area (Å²) in [4.78, 5) is 50.8. The Balaban J connectivity index is 1.38. The second-order valence-corrected chi connectivity index (χ2v) is 7.70. The standard InChI is InChI=1S/C23H21N3O7/c1-13-21(16-6-3-4-7-17(16)24-13)22(28)14(2)32-20(27)8-5-11-25-18-10-9-15(26(30)31)12-19(18)33-23(25)29/h3-4,6-7,9-10,12,14,24H,5,8,11H2,1-2H3. The quantitative estimate of drug-likeness (QED) is 0.186. The van der Waals surface area contributed by atoms with Gasteiger partial charge in [0.05, 0.1) is 16.5 Å². The molecule has 4 rings (SSSR count). The van der Waals surface area contributed by atoms with Crippen LogP contribution in [-0.4, -0.2) is 32.3 Å². The summed E-state index contributed by atoms with van der Waals surface area (Å²) in [6.45, 7) is 3.48. The number of carbonyl (C=O) groups excluding carboxylic acids is 2. The number of hydrogen-bond acceptors (Lipinski definition) is 7. The van der Waals surface area contributed by atoms with E-state index in [0.29, 0.717) is 16.8 Å². The fourth-order valence-electron chi connectivity index (χ4n) is 3.87. The molecule has 0 bridgehead atoms. The van der Waals surface area contributed by atoms with Gasteiger partial charge in [0.25, 0.3) is 5.69 Å². The average Bonchev–Trinajstić information content (AvgIpc) is 3.27. The molecule has 170 valence electrons. The average molecular weight is 451 g/mol. The third-order valence-electron chi connectivity index (χ3n) is 5.44. The highest BCUT2D eigenvalue weighted by Gasteiger charge is 2.24. The van der Waals surface area contributed by atoms with E-state index in [2.05, 4.69) is 4.98 Å². The second-order valence-electron chi connectivity index (χ2n) is 7.70. The maximum absolute atomic E-state index is 12.9. The number of rotatable bonds is 8. The minimum atomic E-state index is -0.964. The molecule has 10 heteroatoms. The molecule has 10 nitrogen and oxygen atoms in total. The number of benzene rings is 2. The number of H-pyrrole nitrogens is 1. The molecule has 0 amide bonds. The molecule has 4 aromatic rings. The number of para-hydroxylation sites is 1. The van der Waals surface area contributed by atoms with Gasteiger partial charge in [-0.1, -0.05) is 18.2 Å². The molecule has 2 aromatic heterocycles. The first-order valence-electron chi connectivity index (χ1n) is 10.3. The fraction of sp³-hybridized carbons (Fsp3) is 0.261. The van der Waals surface area contributed by atoms with E-state index in [1.807, 2.05) is 24.3 Å². The molecular weight excluding hydrogens is 430 g/mol. The number of aromatic nitrogens is 2. The number of nitro benzene ring substituents is 1. The number of nitrogens with one attached hydrogen (secondary N) is 1. The van der Waals surface area contributed by atoms with Crippen molar-refractivity contribution in [3.05, 3.63) is 74.4 Å². The monoisotopic (exact) mass is 451 g/mol. The van der Waals surface area contributed by atoms with Gasteiger partial charge in [-0.05, 0) is 32.4 Å². The third kappa shape index (κ3) is 4.27. The van der Waals surface area contributed by atoms with E-state index >= 15 is 0 Å². The molecule has 2 aromatic carbocycles. The van der Waals surface area contributed by atoms with Gasteiger partial charge in [-0.15, -0.1) is 0 Å². The Bertz CT molecular complexity index is 1440. The number of ketones is 1. The van der Waals surface area contributed by atoms with Crippen LogP contribution in [0.2, 0.25) is 0 Å². The zero-order chi connectivity index (χ0) is 23.7. The normalized spacial score (nSPS) is 12.2. The predicted molar refractivity (Wildman–Crippen MR) is 119 cm³/mol. The van der Waals surface area contributed by atoms with Crippen molar-refractivity contribution in [2.45, 2.75) is 39.3 Å². The molecule has 0 aliphatic rings. The van der Waals surface area contributed by atoms with Crippen LogP contribution in [0.25, 0.3) is 22.0 Å². The highest BCUT2D eigenvalue weighted by Crippen LogP contribution is 2.24. The minimum absolute atomic E-state index is 0.0173. The van der Waals surface area contributed by atoms with Gasteiger partial charge in [0.1, 0.15) is 0 Å². The predicted octanol–water partition coefficient (Wildman–Crippen LogP) is 3.89. The summed E-state index contributed by atoms with van der Waals surface area (Å²) in [5, 5.41) is 11.7. The largest absolute Gasteiger partial charge is 0.454 e. The molecule has 0 radical (unpaired) electrons. The van der Waals surface area contributed by atoms with Crippen LogP contribution in [0, 0.1) is 17.0 Å². The van der Waals surface area contributed by atoms with Crippen LogP contribution in [0.4, 0.5) is 5.69 Å². The van der Waals surface area contributed by atoms with Crippen LogP contribution >= 0.6 is 0 Å². The Morgan fingerprint density at radius 2 is 2.00 bits per heavy atom. The lowest BCUT2D eigenvalue weighted by Gasteiger charge is -2.12. The Kier molecular flexibility index (Phi) is 5.82. The lowest BCUT2D eigenvalue weighted by atomic mass is 10.0. The Morgan fingerprint density at radius 1 is 1.24 bits per heavy atom. The van der Waals surface area contributed by atoms with Crippen molar-refractivity contribution in [2.75, 3.05) is 0 Å². The summed E-state index contributed by atoms with van der Waals surface area (Å²) >= 11 is 0. The van der Waals surface area contributed by atoms with E-state index in [9.17, 15) is 24.5 Å². The SMILES string of the molecule is Cc1[nH]c2ccccc2c1C(=O)C(C)OC(=O)CCCn1c(=O)oc2cc([N+](=O)[O-])ccc21. The zero-order valence-corrected chi connectivity index (χ0v) is 18.0. The van der Waals surface area contributed by atoms with Crippen molar-refractivity contribution in [1.82, 2.24) is 9.55 Å². The van der Waals surface area contributed by atoms with Gasteiger partial charge in [0, 0.05) is 41.2 Å². The molecule has 1 N–H and O–H groups in total. The number of aromatic amines is 1. The van der Waals surface area contributed by atoms with Gasteiger partial charge in [-0.25, -0.2) is 4.79 Å². The number of fused-ring (bicyclic) bond motifs is 2. The van der Waals surface area contributed by atoms with Crippen molar-refractivity contribution in [2.24, 2.45) is 0 Å². The number of aryl methyl sites for hydroxylation is 2. The summed E-state index contributed by atoms with van der Waals surface area (Å²) in [6.07, 6.45) is -0.720. The molecular formula is C23H21N3O7. The van der Waals surface area contributed by atoms with Crippen LogP contribution < -0.4 is 5.76 Å². The smallest absolute Gasteiger partial charge is 0.419 e. The van der Waals surface area contributed by atoms with Crippen molar-refractivity contribution in [1.29, 1.82) is 0 Å². The second kappa shape index (κ2) is 8.73. The van der Waals surface area contributed by atoms with Crippen LogP contribution in [0.15, 0.2) is 51.7 Å². The number of ether oxygens (including phenoxy) is 1. The Hall–Kier alpha value is -4.21. The van der Waals surface area contributed by atoms with E-state index < -0.39 is 22.8 Å². The summed E-state index contributed by atoms with van der Waals surface area (Å²) in [6, 6.07) is 11.3. The van der Waals surface area contributed by atoms with Crippen LogP contribution in [0.1, 0.15) is 35.8 Å². The molecule has 0 saturated heterocycles. The van der Waals surface area contributed by atoms with Gasteiger partial charge >= 0.3 is 11.7 Å². The van der Waals surface area contributed by atoms with E-state index in [1.165, 1.54) is 29.7 Å². The summed E-state index contributed by atoms with van der Waals surface area (Å²) < 4.78 is 11.7. The van der Waals surface area contributed by atoms with Crippen LogP contribution in [0.5, 0.6) is 0 Å². The van der Waals surface area contributed by atoms with Gasteiger partial charge in [0.15, 0.2) is 11.7 Å². The number of nitrogens with zero attached hydrogens (tertiary/aromatic N) is 2. The first-order valence-corrected chi connectivity index (χ1v) is 10.3. The van der Waals surface area contributed by atoms with Crippen molar-refractivity contribution in [3.63, 3.8) is 0 Å². The van der Waals surface area contributed by atoms with E-state index in [4.69, 9.17) is 9.15 Å². The molecule has 0 saturated carbocycles. The fourth-order valence-corrected chi connectivity index (χ4v) is 3.87. The van der Waals surface area contributed by atoms with E-state index in [-0.39, 0.29) is 36.4 Å². The van der Waals surface area contributed by atoms with Crippen molar-refractivity contribution >= 4 is 39.4 Å². The maximum atomic E-state index is 12.9. The summed E-state index contributed by atoms with van der Waals surface area (Å²) in [5.41, 5.74) is 2.35. The molecule has 2 heterocycles. The lowest BCUT2D eigenvalue weighted by Crippen LogP contribution is -2.25. The molecule has 0 aliphatic carbocycles. The highest BCUT2D eigenvalue weighted by molar-refractivity contribution is 6.11. The van der Waals surface area contributed by atoms with E-state index in [1.54, 1.807) is 6.92 Å². The molecule has 1 unspecified atom stereocenters. The number of hydrogen-bond donors (Lipinski definition) is 1. The number of Topliss-reactive ketones (excluding diaryl/α,β-unsaturated/α-hetero) is 1.